The first-order valence-corrected chi connectivity index (χ1v) is 5.67. The highest BCUT2D eigenvalue weighted by atomic mass is 16.3. The fourth-order valence-corrected chi connectivity index (χ4v) is 1.27. The minimum absolute atomic E-state index is 0.274. The Kier molecular flexibility index (Phi) is 7.96. The van der Waals surface area contributed by atoms with Gasteiger partial charge in [0.2, 0.25) is 0 Å². The molecule has 0 saturated heterocycles. The summed E-state index contributed by atoms with van der Waals surface area (Å²) in [5, 5.41) is 12.8. The number of nitrogens with one attached hydrogen (secondary N) is 1. The molecule has 0 heterocycles. The van der Waals surface area contributed by atoms with E-state index >= 15 is 0 Å². The van der Waals surface area contributed by atoms with Gasteiger partial charge in [-0.2, -0.15) is 0 Å². The largest absolute Gasteiger partial charge is 0.390 e. The lowest BCUT2D eigenvalue weighted by Gasteiger charge is -2.22. The number of hydrogen-bond donors (Lipinski definition) is 2. The van der Waals surface area contributed by atoms with Crippen LogP contribution in [0.2, 0.25) is 0 Å². The molecule has 4 heteroatoms. The number of hydrogen-bond acceptors (Lipinski definition) is 4. The maximum absolute atomic E-state index is 9.58. The summed E-state index contributed by atoms with van der Waals surface area (Å²) in [5.74, 6) is 0. The highest BCUT2D eigenvalue weighted by molar-refractivity contribution is 4.64. The first-order valence-electron chi connectivity index (χ1n) is 5.67. The van der Waals surface area contributed by atoms with E-state index in [0.717, 1.165) is 13.1 Å². The molecule has 0 bridgehead atoms. The van der Waals surface area contributed by atoms with Crippen LogP contribution in [0.1, 0.15) is 13.8 Å². The molecule has 0 aromatic rings. The Hall–Kier alpha value is -0.160. The van der Waals surface area contributed by atoms with E-state index in [1.807, 2.05) is 19.0 Å². The van der Waals surface area contributed by atoms with Crippen LogP contribution >= 0.6 is 0 Å². The Morgan fingerprint density at radius 3 is 2.27 bits per heavy atom. The Morgan fingerprint density at radius 2 is 1.80 bits per heavy atom. The number of nitrogens with zero attached hydrogens (tertiary/aromatic N) is 2. The highest BCUT2D eigenvalue weighted by Crippen LogP contribution is 1.91. The van der Waals surface area contributed by atoms with Crippen LogP contribution in [0.15, 0.2) is 0 Å². The van der Waals surface area contributed by atoms with Crippen LogP contribution in [0, 0.1) is 0 Å². The van der Waals surface area contributed by atoms with E-state index in [2.05, 4.69) is 31.1 Å². The van der Waals surface area contributed by atoms with Crippen molar-refractivity contribution in [3.63, 3.8) is 0 Å². The molecule has 0 fully saturated rings. The minimum atomic E-state index is -0.274. The van der Waals surface area contributed by atoms with E-state index < -0.39 is 0 Å². The van der Waals surface area contributed by atoms with Crippen LogP contribution in [-0.4, -0.2) is 74.4 Å². The van der Waals surface area contributed by atoms with Crippen molar-refractivity contribution in [1.29, 1.82) is 0 Å². The van der Waals surface area contributed by atoms with Crippen molar-refractivity contribution in [2.45, 2.75) is 26.0 Å². The van der Waals surface area contributed by atoms with Gasteiger partial charge in [-0.05, 0) is 35.0 Å². The van der Waals surface area contributed by atoms with Gasteiger partial charge in [0.05, 0.1) is 6.10 Å². The van der Waals surface area contributed by atoms with Crippen molar-refractivity contribution in [3.05, 3.63) is 0 Å². The quantitative estimate of drug-likeness (QED) is 0.554. The zero-order valence-corrected chi connectivity index (χ0v) is 10.8. The monoisotopic (exact) mass is 217 g/mol. The van der Waals surface area contributed by atoms with Gasteiger partial charge in [-0.25, -0.2) is 0 Å². The summed E-state index contributed by atoms with van der Waals surface area (Å²) in [4.78, 5) is 4.28. The molecule has 0 saturated carbocycles. The lowest BCUT2D eigenvalue weighted by molar-refractivity contribution is 0.133. The number of rotatable bonds is 8. The molecule has 0 radical (unpaired) electrons. The van der Waals surface area contributed by atoms with E-state index in [-0.39, 0.29) is 6.10 Å². The van der Waals surface area contributed by atoms with Gasteiger partial charge in [0, 0.05) is 32.2 Å². The van der Waals surface area contributed by atoms with Gasteiger partial charge in [0.25, 0.3) is 0 Å². The summed E-state index contributed by atoms with van der Waals surface area (Å²) in [7, 11) is 6.05. The summed E-state index contributed by atoms with van der Waals surface area (Å²) >= 11 is 0. The topological polar surface area (TPSA) is 38.7 Å². The third-order valence-corrected chi connectivity index (χ3v) is 2.48. The molecular weight excluding hydrogens is 190 g/mol. The van der Waals surface area contributed by atoms with Crippen molar-refractivity contribution in [2.75, 3.05) is 47.3 Å². The van der Waals surface area contributed by atoms with Crippen LogP contribution in [0.25, 0.3) is 0 Å². The lowest BCUT2D eigenvalue weighted by Crippen LogP contribution is -2.39. The molecule has 1 atom stereocenters. The second-order valence-corrected chi connectivity index (χ2v) is 4.69. The maximum atomic E-state index is 9.58. The molecule has 0 aliphatic rings. The summed E-state index contributed by atoms with van der Waals surface area (Å²) in [6.07, 6.45) is -0.274. The average molecular weight is 217 g/mol. The standard InChI is InChI=1S/C11H27N3O/c1-10(2)14(5)7-6-12-8-11(15)9-13(3)4/h10-12,15H,6-9H2,1-5H3. The van der Waals surface area contributed by atoms with Crippen molar-refractivity contribution in [3.8, 4) is 0 Å². The second kappa shape index (κ2) is 8.05. The molecule has 15 heavy (non-hydrogen) atoms. The third kappa shape index (κ3) is 8.81. The van der Waals surface area contributed by atoms with Crippen molar-refractivity contribution in [2.24, 2.45) is 0 Å². The van der Waals surface area contributed by atoms with E-state index in [0.29, 0.717) is 19.1 Å². The molecule has 0 aliphatic carbocycles. The van der Waals surface area contributed by atoms with E-state index in [9.17, 15) is 5.11 Å². The number of likely N-dealkylation sites (N-methyl/N-ethyl adjacent to an activating group) is 2. The third-order valence-electron chi connectivity index (χ3n) is 2.48. The lowest BCUT2D eigenvalue weighted by atomic mass is 10.3. The molecule has 1 unspecified atom stereocenters. The van der Waals surface area contributed by atoms with Crippen LogP contribution in [0.3, 0.4) is 0 Å². The smallest absolute Gasteiger partial charge is 0.0791 e. The SMILES string of the molecule is CC(C)N(C)CCNCC(O)CN(C)C. The van der Waals surface area contributed by atoms with Crippen molar-refractivity contribution < 1.29 is 5.11 Å². The minimum Gasteiger partial charge on any atom is -0.390 e. The average Bonchev–Trinajstić information content (AvgIpc) is 2.10. The summed E-state index contributed by atoms with van der Waals surface area (Å²) in [6.45, 7) is 7.70. The van der Waals surface area contributed by atoms with Gasteiger partial charge in [-0.15, -0.1) is 0 Å². The zero-order valence-electron chi connectivity index (χ0n) is 10.8. The Labute approximate surface area is 94.3 Å². The van der Waals surface area contributed by atoms with Crippen LogP contribution in [0.4, 0.5) is 0 Å². The molecule has 0 aromatic carbocycles. The van der Waals surface area contributed by atoms with Gasteiger partial charge in [0.15, 0.2) is 0 Å². The Bertz CT molecular complexity index is 151. The van der Waals surface area contributed by atoms with Crippen molar-refractivity contribution >= 4 is 0 Å². The van der Waals surface area contributed by atoms with Gasteiger partial charge >= 0.3 is 0 Å². The molecule has 0 aliphatic heterocycles. The maximum Gasteiger partial charge on any atom is 0.0791 e. The number of aliphatic hydroxyl groups excluding tert-OH is 1. The predicted octanol–water partition coefficient (Wildman–Crippen LogP) is -0.161. The Morgan fingerprint density at radius 1 is 1.20 bits per heavy atom. The molecule has 0 spiro atoms. The molecule has 0 aromatic heterocycles. The summed E-state index contributed by atoms with van der Waals surface area (Å²) < 4.78 is 0. The molecule has 0 rings (SSSR count). The van der Waals surface area contributed by atoms with Crippen LogP contribution < -0.4 is 5.32 Å². The van der Waals surface area contributed by atoms with Crippen molar-refractivity contribution in [1.82, 2.24) is 15.1 Å². The summed E-state index contributed by atoms with van der Waals surface area (Å²) in [5.41, 5.74) is 0. The van der Waals surface area contributed by atoms with Gasteiger partial charge in [0.1, 0.15) is 0 Å². The second-order valence-electron chi connectivity index (χ2n) is 4.69. The first kappa shape index (κ1) is 14.8. The fourth-order valence-electron chi connectivity index (χ4n) is 1.27. The van der Waals surface area contributed by atoms with Crippen LogP contribution in [0.5, 0.6) is 0 Å². The van der Waals surface area contributed by atoms with E-state index in [4.69, 9.17) is 0 Å². The van der Waals surface area contributed by atoms with Gasteiger partial charge in [-0.3, -0.25) is 0 Å². The van der Waals surface area contributed by atoms with Crippen LogP contribution in [-0.2, 0) is 0 Å². The first-order chi connectivity index (χ1) is 6.93. The van der Waals surface area contributed by atoms with Gasteiger partial charge in [-0.1, -0.05) is 0 Å². The molecular formula is C11H27N3O. The fraction of sp³-hybridized carbons (Fsp3) is 1.00. The normalized spacial score (nSPS) is 14.2. The molecule has 92 valence electrons. The highest BCUT2D eigenvalue weighted by Gasteiger charge is 2.05. The predicted molar refractivity (Wildman–Crippen MR) is 65.2 cm³/mol. The molecule has 4 nitrogen and oxygen atoms in total. The van der Waals surface area contributed by atoms with Gasteiger partial charge < -0.3 is 20.2 Å². The van der Waals surface area contributed by atoms with E-state index in [1.165, 1.54) is 0 Å². The number of aliphatic hydroxyl groups is 1. The zero-order chi connectivity index (χ0) is 11.8. The summed E-state index contributed by atoms with van der Waals surface area (Å²) in [6, 6.07) is 0.582. The molecule has 0 amide bonds. The van der Waals surface area contributed by atoms with E-state index in [1.54, 1.807) is 0 Å². The Balaban J connectivity index is 3.38. The molecule has 2 N–H and O–H groups in total.